The molecule has 4 heteroatoms. The average Bonchev–Trinajstić information content (AvgIpc) is 2.32. The van der Waals surface area contributed by atoms with Gasteiger partial charge in [0.1, 0.15) is 0 Å². The van der Waals surface area contributed by atoms with Crippen molar-refractivity contribution < 1.29 is 9.90 Å². The summed E-state index contributed by atoms with van der Waals surface area (Å²) in [6.07, 6.45) is 0.761. The van der Waals surface area contributed by atoms with Crippen LogP contribution in [0.2, 0.25) is 0 Å². The number of nitrogens with one attached hydrogen (secondary N) is 2. The Hall–Kier alpha value is -1.55. The zero-order valence-electron chi connectivity index (χ0n) is 12.2. The van der Waals surface area contributed by atoms with Crippen LogP contribution in [0.4, 0.5) is 10.5 Å². The van der Waals surface area contributed by atoms with Crippen molar-refractivity contribution in [3.8, 4) is 0 Å². The minimum atomic E-state index is -0.267. The Bertz CT molecular complexity index is 410. The van der Waals surface area contributed by atoms with E-state index in [1.165, 1.54) is 0 Å². The molecule has 0 saturated heterocycles. The number of hydrogen-bond donors (Lipinski definition) is 3. The van der Waals surface area contributed by atoms with Gasteiger partial charge in [-0.05, 0) is 37.3 Å². The van der Waals surface area contributed by atoms with E-state index in [4.69, 9.17) is 0 Å². The highest BCUT2D eigenvalue weighted by molar-refractivity contribution is 5.91. The summed E-state index contributed by atoms with van der Waals surface area (Å²) >= 11 is 0. The Morgan fingerprint density at radius 1 is 1.26 bits per heavy atom. The molecule has 1 atom stereocenters. The fourth-order valence-electron chi connectivity index (χ4n) is 2.09. The lowest BCUT2D eigenvalue weighted by Gasteiger charge is -2.19. The molecule has 0 fully saturated rings. The maximum Gasteiger partial charge on any atom is 0.319 e. The third-order valence-electron chi connectivity index (χ3n) is 3.03. The van der Waals surface area contributed by atoms with E-state index in [2.05, 4.69) is 24.5 Å². The fraction of sp³-hybridized carbons (Fsp3) is 0.533. The molecule has 1 unspecified atom stereocenters. The van der Waals surface area contributed by atoms with Crippen molar-refractivity contribution in [1.82, 2.24) is 5.32 Å². The van der Waals surface area contributed by atoms with Crippen molar-refractivity contribution in [2.45, 2.75) is 40.2 Å². The van der Waals surface area contributed by atoms with Gasteiger partial charge in [0.05, 0.1) is 12.6 Å². The Kier molecular flexibility index (Phi) is 5.83. The molecular formula is C15H24N2O2. The highest BCUT2D eigenvalue weighted by Gasteiger charge is 2.14. The number of benzene rings is 1. The minimum Gasteiger partial charge on any atom is -0.394 e. The average molecular weight is 264 g/mol. The molecule has 1 aromatic carbocycles. The second-order valence-corrected chi connectivity index (χ2v) is 5.37. The summed E-state index contributed by atoms with van der Waals surface area (Å²) in [5.41, 5.74) is 2.89. The Balaban J connectivity index is 2.64. The van der Waals surface area contributed by atoms with Crippen LogP contribution >= 0.6 is 0 Å². The second kappa shape index (κ2) is 7.14. The van der Waals surface area contributed by atoms with Gasteiger partial charge in [0, 0.05) is 5.69 Å². The number of carbonyl (C=O) groups excluding carboxylic acids is 1. The summed E-state index contributed by atoms with van der Waals surface area (Å²) in [6.45, 7) is 8.00. The number of para-hydroxylation sites is 1. The van der Waals surface area contributed by atoms with Gasteiger partial charge in [0.25, 0.3) is 0 Å². The van der Waals surface area contributed by atoms with Crippen LogP contribution in [0, 0.1) is 19.8 Å². The molecule has 1 rings (SSSR count). The van der Waals surface area contributed by atoms with Crippen LogP contribution in [0.3, 0.4) is 0 Å². The molecule has 0 aliphatic carbocycles. The van der Waals surface area contributed by atoms with Gasteiger partial charge in [-0.2, -0.15) is 0 Å². The van der Waals surface area contributed by atoms with E-state index in [1.54, 1.807) is 0 Å². The van der Waals surface area contributed by atoms with Crippen LogP contribution in [0.1, 0.15) is 31.4 Å². The number of anilines is 1. The summed E-state index contributed by atoms with van der Waals surface area (Å²) < 4.78 is 0. The van der Waals surface area contributed by atoms with E-state index >= 15 is 0 Å². The molecule has 1 aromatic rings. The van der Waals surface area contributed by atoms with Gasteiger partial charge in [-0.15, -0.1) is 0 Å². The van der Waals surface area contributed by atoms with Crippen LogP contribution in [-0.2, 0) is 0 Å². The lowest BCUT2D eigenvalue weighted by Crippen LogP contribution is -2.41. The zero-order chi connectivity index (χ0) is 14.4. The summed E-state index contributed by atoms with van der Waals surface area (Å²) in [6, 6.07) is 5.41. The van der Waals surface area contributed by atoms with Gasteiger partial charge in [-0.25, -0.2) is 4.79 Å². The predicted octanol–water partition coefficient (Wildman–Crippen LogP) is 2.83. The molecule has 2 amide bonds. The Morgan fingerprint density at radius 3 is 2.32 bits per heavy atom. The molecule has 0 aliphatic rings. The van der Waals surface area contributed by atoms with Crippen LogP contribution < -0.4 is 10.6 Å². The maximum absolute atomic E-state index is 11.9. The van der Waals surface area contributed by atoms with Gasteiger partial charge in [-0.1, -0.05) is 32.0 Å². The molecule has 4 nitrogen and oxygen atoms in total. The molecule has 0 saturated carbocycles. The largest absolute Gasteiger partial charge is 0.394 e. The first kappa shape index (κ1) is 15.5. The second-order valence-electron chi connectivity index (χ2n) is 5.37. The molecule has 0 heterocycles. The van der Waals surface area contributed by atoms with Gasteiger partial charge < -0.3 is 15.7 Å². The number of urea groups is 1. The van der Waals surface area contributed by atoms with Gasteiger partial charge in [0.15, 0.2) is 0 Å². The first-order valence-electron chi connectivity index (χ1n) is 6.68. The summed E-state index contributed by atoms with van der Waals surface area (Å²) in [4.78, 5) is 11.9. The summed E-state index contributed by atoms with van der Waals surface area (Å²) in [5.74, 6) is 0.428. The number of carbonyl (C=O) groups is 1. The van der Waals surface area contributed by atoms with Crippen LogP contribution in [0.5, 0.6) is 0 Å². The van der Waals surface area contributed by atoms with Crippen molar-refractivity contribution >= 4 is 11.7 Å². The molecule has 0 bridgehead atoms. The number of aryl methyl sites for hydroxylation is 2. The molecule has 106 valence electrons. The highest BCUT2D eigenvalue weighted by Crippen LogP contribution is 2.19. The topological polar surface area (TPSA) is 61.4 Å². The highest BCUT2D eigenvalue weighted by atomic mass is 16.3. The number of amides is 2. The number of rotatable bonds is 5. The number of aliphatic hydroxyl groups excluding tert-OH is 1. The van der Waals surface area contributed by atoms with Crippen LogP contribution in [0.15, 0.2) is 18.2 Å². The number of aliphatic hydroxyl groups is 1. The smallest absolute Gasteiger partial charge is 0.319 e. The van der Waals surface area contributed by atoms with E-state index < -0.39 is 0 Å². The standard InChI is InChI=1S/C15H24N2O2/c1-10(2)8-13(9-18)16-15(19)17-14-11(3)6-5-7-12(14)4/h5-7,10,13,18H,8-9H2,1-4H3,(H2,16,17,19). The van der Waals surface area contributed by atoms with Crippen LogP contribution in [0.25, 0.3) is 0 Å². The van der Waals surface area contributed by atoms with E-state index in [1.807, 2.05) is 32.0 Å². The maximum atomic E-state index is 11.9. The molecule has 0 radical (unpaired) electrons. The Labute approximate surface area is 115 Å². The molecule has 0 aliphatic heterocycles. The molecule has 3 N–H and O–H groups in total. The lowest BCUT2D eigenvalue weighted by molar-refractivity contribution is 0.214. The molecule has 19 heavy (non-hydrogen) atoms. The Morgan fingerprint density at radius 2 is 1.84 bits per heavy atom. The van der Waals surface area contributed by atoms with Crippen molar-refractivity contribution in [2.24, 2.45) is 5.92 Å². The quantitative estimate of drug-likeness (QED) is 0.766. The first-order chi connectivity index (χ1) is 8.93. The van der Waals surface area contributed by atoms with Crippen molar-refractivity contribution in [2.75, 3.05) is 11.9 Å². The molecular weight excluding hydrogens is 240 g/mol. The van der Waals surface area contributed by atoms with Gasteiger partial charge in [-0.3, -0.25) is 0 Å². The molecule has 0 spiro atoms. The third-order valence-corrected chi connectivity index (χ3v) is 3.03. The van der Waals surface area contributed by atoms with E-state index in [0.717, 1.165) is 23.2 Å². The molecule has 0 aromatic heterocycles. The van der Waals surface area contributed by atoms with Crippen molar-refractivity contribution in [3.63, 3.8) is 0 Å². The summed E-state index contributed by atoms with van der Waals surface area (Å²) in [5, 5.41) is 14.9. The van der Waals surface area contributed by atoms with E-state index in [-0.39, 0.29) is 18.7 Å². The van der Waals surface area contributed by atoms with Crippen LogP contribution in [-0.4, -0.2) is 23.8 Å². The van der Waals surface area contributed by atoms with Crippen molar-refractivity contribution in [3.05, 3.63) is 29.3 Å². The van der Waals surface area contributed by atoms with E-state index in [9.17, 15) is 9.90 Å². The SMILES string of the molecule is Cc1cccc(C)c1NC(=O)NC(CO)CC(C)C. The van der Waals surface area contributed by atoms with Gasteiger partial charge >= 0.3 is 6.03 Å². The first-order valence-corrected chi connectivity index (χ1v) is 6.68. The summed E-state index contributed by atoms with van der Waals surface area (Å²) in [7, 11) is 0. The normalized spacial score (nSPS) is 12.3. The number of hydrogen-bond acceptors (Lipinski definition) is 2. The fourth-order valence-corrected chi connectivity index (χ4v) is 2.09. The minimum absolute atomic E-state index is 0.0433. The van der Waals surface area contributed by atoms with E-state index in [0.29, 0.717) is 5.92 Å². The van der Waals surface area contributed by atoms with Gasteiger partial charge in [0.2, 0.25) is 0 Å². The monoisotopic (exact) mass is 264 g/mol. The lowest BCUT2D eigenvalue weighted by atomic mass is 10.0. The zero-order valence-corrected chi connectivity index (χ0v) is 12.2. The third kappa shape index (κ3) is 4.91. The van der Waals surface area contributed by atoms with Crippen molar-refractivity contribution in [1.29, 1.82) is 0 Å². The predicted molar refractivity (Wildman–Crippen MR) is 78.4 cm³/mol.